The van der Waals surface area contributed by atoms with Gasteiger partial charge >= 0.3 is 5.91 Å². The van der Waals surface area contributed by atoms with E-state index in [1.54, 1.807) is 12.1 Å². The fraction of sp³-hybridized carbons (Fsp3) is 0.179. The molecular formula is C28H21BrN2O4S. The molecule has 2 atom stereocenters. The summed E-state index contributed by atoms with van der Waals surface area (Å²) in [4.78, 5) is 33.0. The number of hydrogen-bond acceptors (Lipinski definition) is 6. The van der Waals surface area contributed by atoms with E-state index in [0.717, 1.165) is 31.6 Å². The van der Waals surface area contributed by atoms with Gasteiger partial charge in [-0.05, 0) is 73.0 Å². The van der Waals surface area contributed by atoms with Gasteiger partial charge in [0.25, 0.3) is 5.78 Å². The zero-order valence-corrected chi connectivity index (χ0v) is 21.9. The number of aliphatic hydroxyl groups is 1. The lowest BCUT2D eigenvalue weighted by Crippen LogP contribution is -2.29. The van der Waals surface area contributed by atoms with Crippen LogP contribution < -0.4 is 9.64 Å². The summed E-state index contributed by atoms with van der Waals surface area (Å²) in [5.41, 5.74) is 4.01. The molecule has 1 aromatic heterocycles. The topological polar surface area (TPSA) is 79.7 Å². The van der Waals surface area contributed by atoms with E-state index >= 15 is 0 Å². The van der Waals surface area contributed by atoms with Crippen LogP contribution in [-0.4, -0.2) is 27.9 Å². The van der Waals surface area contributed by atoms with Gasteiger partial charge in [-0.1, -0.05) is 45.5 Å². The molecule has 1 N–H and O–H groups in total. The van der Waals surface area contributed by atoms with Crippen molar-refractivity contribution in [2.24, 2.45) is 0 Å². The number of Topliss-reactive ketones (excluding diaryl/α,β-unsaturated/α-hetero) is 1. The highest BCUT2D eigenvalue weighted by Gasteiger charge is 2.48. The van der Waals surface area contributed by atoms with Gasteiger partial charge in [0.1, 0.15) is 17.6 Å². The fourth-order valence-electron chi connectivity index (χ4n) is 4.87. The van der Waals surface area contributed by atoms with Crippen molar-refractivity contribution < 1.29 is 19.4 Å². The first kappa shape index (κ1) is 22.9. The number of aromatic nitrogens is 1. The lowest BCUT2D eigenvalue weighted by Gasteiger charge is -2.23. The summed E-state index contributed by atoms with van der Waals surface area (Å²) >= 11 is 4.85. The van der Waals surface area contributed by atoms with Gasteiger partial charge in [-0.15, -0.1) is 0 Å². The summed E-state index contributed by atoms with van der Waals surface area (Å²) in [6, 6.07) is 17.8. The summed E-state index contributed by atoms with van der Waals surface area (Å²) in [5.74, 6) is -0.888. The number of fused-ring (bicyclic) bond motifs is 2. The second kappa shape index (κ2) is 8.57. The van der Waals surface area contributed by atoms with Crippen molar-refractivity contribution in [3.05, 3.63) is 93.0 Å². The van der Waals surface area contributed by atoms with E-state index in [1.165, 1.54) is 16.2 Å². The second-order valence-electron chi connectivity index (χ2n) is 9.15. The minimum absolute atomic E-state index is 0.0421. The van der Waals surface area contributed by atoms with Crippen LogP contribution in [-0.2, 0) is 16.0 Å². The molecule has 3 heterocycles. The van der Waals surface area contributed by atoms with Gasteiger partial charge in [0.2, 0.25) is 0 Å². The number of carbonyl (C=O) groups is 2. The Bertz CT molecular complexity index is 1610. The molecule has 1 amide bonds. The molecule has 2 aliphatic heterocycles. The van der Waals surface area contributed by atoms with E-state index in [2.05, 4.69) is 20.9 Å². The first-order valence-corrected chi connectivity index (χ1v) is 13.1. The van der Waals surface area contributed by atoms with Crippen LogP contribution in [0, 0.1) is 6.92 Å². The molecule has 36 heavy (non-hydrogen) atoms. The maximum Gasteiger partial charge on any atom is 0.301 e. The Morgan fingerprint density at radius 1 is 1.14 bits per heavy atom. The molecule has 0 radical (unpaired) electrons. The van der Waals surface area contributed by atoms with Crippen molar-refractivity contribution in [2.75, 3.05) is 4.90 Å². The van der Waals surface area contributed by atoms with Crippen molar-refractivity contribution in [1.82, 2.24) is 4.98 Å². The summed E-state index contributed by atoms with van der Waals surface area (Å²) < 4.78 is 7.51. The number of ether oxygens (including phenoxy) is 1. The molecule has 0 bridgehead atoms. The van der Waals surface area contributed by atoms with Crippen molar-refractivity contribution in [3.63, 3.8) is 0 Å². The van der Waals surface area contributed by atoms with Crippen LogP contribution in [0.3, 0.4) is 0 Å². The first-order chi connectivity index (χ1) is 17.3. The molecule has 2 unspecified atom stereocenters. The van der Waals surface area contributed by atoms with Crippen molar-refractivity contribution in [3.8, 4) is 5.75 Å². The highest BCUT2D eigenvalue weighted by Crippen LogP contribution is 2.45. The first-order valence-electron chi connectivity index (χ1n) is 11.5. The van der Waals surface area contributed by atoms with E-state index in [9.17, 15) is 14.7 Å². The molecule has 1 saturated heterocycles. The molecule has 8 heteroatoms. The number of rotatable bonds is 3. The SMILES string of the molecule is Cc1ccc2nc(N3C(=O)C(=O)/C(=C(/O)c4ccc5c(c4)CC(C)O5)C3c3cccc(Br)c3)sc2c1. The zero-order chi connectivity index (χ0) is 25.1. The molecular weight excluding hydrogens is 540 g/mol. The number of nitrogens with zero attached hydrogens (tertiary/aromatic N) is 2. The van der Waals surface area contributed by atoms with Gasteiger partial charge in [-0.25, -0.2) is 4.98 Å². The van der Waals surface area contributed by atoms with Gasteiger partial charge < -0.3 is 9.84 Å². The average molecular weight is 561 g/mol. The highest BCUT2D eigenvalue weighted by molar-refractivity contribution is 9.10. The number of hydrogen-bond donors (Lipinski definition) is 1. The van der Waals surface area contributed by atoms with Gasteiger partial charge in [0, 0.05) is 16.5 Å². The Hall–Kier alpha value is -3.49. The van der Waals surface area contributed by atoms with E-state index < -0.39 is 17.7 Å². The average Bonchev–Trinajstić information content (AvgIpc) is 3.50. The number of ketones is 1. The van der Waals surface area contributed by atoms with Crippen LogP contribution in [0.5, 0.6) is 5.75 Å². The monoisotopic (exact) mass is 560 g/mol. The Morgan fingerprint density at radius 3 is 2.78 bits per heavy atom. The zero-order valence-electron chi connectivity index (χ0n) is 19.5. The van der Waals surface area contributed by atoms with Crippen LogP contribution in [0.2, 0.25) is 0 Å². The van der Waals surface area contributed by atoms with Crippen molar-refractivity contribution in [1.29, 1.82) is 0 Å². The van der Waals surface area contributed by atoms with Crippen molar-refractivity contribution >= 4 is 60.1 Å². The number of aryl methyl sites for hydroxylation is 1. The van der Waals surface area contributed by atoms with Crippen LogP contribution in [0.15, 0.2) is 70.7 Å². The molecule has 4 aromatic rings. The molecule has 6 rings (SSSR count). The summed E-state index contributed by atoms with van der Waals surface area (Å²) in [5, 5.41) is 11.9. The van der Waals surface area contributed by atoms with Gasteiger partial charge in [-0.2, -0.15) is 0 Å². The molecule has 0 spiro atoms. The lowest BCUT2D eigenvalue weighted by atomic mass is 9.94. The molecule has 180 valence electrons. The lowest BCUT2D eigenvalue weighted by molar-refractivity contribution is -0.132. The van der Waals surface area contributed by atoms with Crippen LogP contribution >= 0.6 is 27.3 Å². The van der Waals surface area contributed by atoms with Gasteiger partial charge in [-0.3, -0.25) is 14.5 Å². The number of carbonyl (C=O) groups excluding carboxylic acids is 2. The van der Waals surface area contributed by atoms with E-state index in [1.807, 2.05) is 62.4 Å². The highest BCUT2D eigenvalue weighted by atomic mass is 79.9. The Morgan fingerprint density at radius 2 is 1.97 bits per heavy atom. The normalized spacial score (nSPS) is 20.7. The minimum atomic E-state index is -0.826. The number of aliphatic hydroxyl groups excluding tert-OH is 1. The van der Waals surface area contributed by atoms with E-state index in [4.69, 9.17) is 4.74 Å². The third-order valence-corrected chi connectivity index (χ3v) is 8.03. The Balaban J connectivity index is 1.54. The third kappa shape index (κ3) is 3.72. The predicted octanol–water partition coefficient (Wildman–Crippen LogP) is 6.32. The van der Waals surface area contributed by atoms with E-state index in [0.29, 0.717) is 22.7 Å². The van der Waals surface area contributed by atoms with Crippen molar-refractivity contribution in [2.45, 2.75) is 32.4 Å². The maximum atomic E-state index is 13.5. The Labute approximate surface area is 220 Å². The van der Waals surface area contributed by atoms with Gasteiger partial charge in [0.05, 0.1) is 21.8 Å². The van der Waals surface area contributed by atoms with Gasteiger partial charge in [0.15, 0.2) is 5.13 Å². The molecule has 3 aromatic carbocycles. The number of anilines is 1. The van der Waals surface area contributed by atoms with Crippen LogP contribution in [0.1, 0.15) is 35.2 Å². The number of benzene rings is 3. The standard InChI is InChI=1S/C28H21BrN2O4S/c1-14-6-8-20-22(10-14)36-28(30-20)31-24(16-4-3-5-19(29)13-16)23(26(33)27(31)34)25(32)17-7-9-21-18(12-17)11-15(2)35-21/h3-10,12-13,15,24,32H,11H2,1-2H3/b25-23+. The summed E-state index contributed by atoms with van der Waals surface area (Å²) in [7, 11) is 0. The molecule has 0 saturated carbocycles. The number of halogens is 1. The van der Waals surface area contributed by atoms with E-state index in [-0.39, 0.29) is 17.4 Å². The molecule has 1 fully saturated rings. The summed E-state index contributed by atoms with van der Waals surface area (Å²) in [6.07, 6.45) is 0.762. The number of thiazole rings is 1. The molecule has 2 aliphatic rings. The maximum absolute atomic E-state index is 13.5. The van der Waals surface area contributed by atoms with Crippen LogP contribution in [0.25, 0.3) is 16.0 Å². The third-order valence-electron chi connectivity index (χ3n) is 6.52. The second-order valence-corrected chi connectivity index (χ2v) is 11.1. The largest absolute Gasteiger partial charge is 0.507 e. The molecule has 6 nitrogen and oxygen atoms in total. The predicted molar refractivity (Wildman–Crippen MR) is 144 cm³/mol. The smallest absolute Gasteiger partial charge is 0.301 e. The Kier molecular flexibility index (Phi) is 5.46. The fourth-order valence-corrected chi connectivity index (χ4v) is 6.38. The van der Waals surface area contributed by atoms with Crippen LogP contribution in [0.4, 0.5) is 5.13 Å². The molecule has 0 aliphatic carbocycles. The quantitative estimate of drug-likeness (QED) is 0.180. The number of amides is 1. The summed E-state index contributed by atoms with van der Waals surface area (Å²) in [6.45, 7) is 3.98. The minimum Gasteiger partial charge on any atom is -0.507 e.